The minimum Gasteiger partial charge on any atom is -0.485 e. The third-order valence-electron chi connectivity index (χ3n) is 5.87. The van der Waals surface area contributed by atoms with Crippen LogP contribution in [0.25, 0.3) is 10.8 Å². The van der Waals surface area contributed by atoms with Crippen LogP contribution in [0, 0.1) is 13.8 Å². The zero-order chi connectivity index (χ0) is 24.4. The maximum Gasteiger partial charge on any atom is 0.291 e. The quantitative estimate of drug-likeness (QED) is 0.276. The summed E-state index contributed by atoms with van der Waals surface area (Å²) in [5.74, 6) is 1.21. The average Bonchev–Trinajstić information content (AvgIpc) is 3.44. The summed E-state index contributed by atoms with van der Waals surface area (Å²) in [6.07, 6.45) is 0. The smallest absolute Gasteiger partial charge is 0.291 e. The summed E-state index contributed by atoms with van der Waals surface area (Å²) in [5.41, 5.74) is 3.33. The molecule has 6 nitrogen and oxygen atoms in total. The van der Waals surface area contributed by atoms with Crippen LogP contribution in [0.4, 0.5) is 5.69 Å². The summed E-state index contributed by atoms with van der Waals surface area (Å²) >= 11 is 5.98. The standard InChI is InChI=1S/C28H24ClN3O3/c1-18-27(19(2)32(31-18)16-20-10-12-22(29)13-11-20)30-28(33)26-15-14-23(35-26)17-34-25-9-5-7-21-6-3-4-8-24(21)25/h3-15H,16-17H2,1-2H3,(H,30,33). The molecule has 1 amide bonds. The summed E-state index contributed by atoms with van der Waals surface area (Å²) in [4.78, 5) is 12.9. The van der Waals surface area contributed by atoms with Gasteiger partial charge in [0, 0.05) is 10.4 Å². The van der Waals surface area contributed by atoms with Crippen LogP contribution in [0.15, 0.2) is 83.3 Å². The molecule has 3 aromatic carbocycles. The van der Waals surface area contributed by atoms with Gasteiger partial charge < -0.3 is 14.5 Å². The number of ether oxygens (including phenoxy) is 1. The fraction of sp³-hybridized carbons (Fsp3) is 0.143. The van der Waals surface area contributed by atoms with Crippen LogP contribution in [-0.4, -0.2) is 15.7 Å². The summed E-state index contributed by atoms with van der Waals surface area (Å²) in [6.45, 7) is 4.60. The first-order valence-corrected chi connectivity index (χ1v) is 11.6. The number of rotatable bonds is 7. The van der Waals surface area contributed by atoms with Crippen LogP contribution < -0.4 is 10.1 Å². The van der Waals surface area contributed by atoms with E-state index in [2.05, 4.69) is 10.4 Å². The molecule has 0 aliphatic rings. The second-order valence-corrected chi connectivity index (χ2v) is 8.75. The Morgan fingerprint density at radius 2 is 1.77 bits per heavy atom. The van der Waals surface area contributed by atoms with Crippen molar-refractivity contribution in [2.75, 3.05) is 5.32 Å². The number of amides is 1. The molecule has 0 aliphatic heterocycles. The van der Waals surface area contributed by atoms with Crippen molar-refractivity contribution in [1.82, 2.24) is 9.78 Å². The maximum atomic E-state index is 12.9. The number of carbonyl (C=O) groups is 1. The summed E-state index contributed by atoms with van der Waals surface area (Å²) < 4.78 is 13.6. The molecule has 7 heteroatoms. The molecule has 0 radical (unpaired) electrons. The third-order valence-corrected chi connectivity index (χ3v) is 6.12. The minimum absolute atomic E-state index is 0.214. The molecule has 0 saturated carbocycles. The van der Waals surface area contributed by atoms with Crippen molar-refractivity contribution >= 4 is 34.0 Å². The molecule has 35 heavy (non-hydrogen) atoms. The lowest BCUT2D eigenvalue weighted by Gasteiger charge is -2.08. The Labute approximate surface area is 208 Å². The van der Waals surface area contributed by atoms with E-state index in [9.17, 15) is 4.79 Å². The molecule has 0 spiro atoms. The molecule has 1 N–H and O–H groups in total. The highest BCUT2D eigenvalue weighted by Crippen LogP contribution is 2.27. The molecule has 0 aliphatic carbocycles. The van der Waals surface area contributed by atoms with E-state index < -0.39 is 0 Å². The number of aromatic nitrogens is 2. The number of hydrogen-bond acceptors (Lipinski definition) is 4. The zero-order valence-electron chi connectivity index (χ0n) is 19.4. The Balaban J connectivity index is 1.26. The third kappa shape index (κ3) is 4.93. The lowest BCUT2D eigenvalue weighted by molar-refractivity contribution is 0.0992. The Hall–Kier alpha value is -4.03. The van der Waals surface area contributed by atoms with Gasteiger partial charge in [0.15, 0.2) is 5.76 Å². The van der Waals surface area contributed by atoms with Gasteiger partial charge in [-0.2, -0.15) is 5.10 Å². The highest BCUT2D eigenvalue weighted by molar-refractivity contribution is 6.30. The average molecular weight is 486 g/mol. The van der Waals surface area contributed by atoms with Crippen LogP contribution in [-0.2, 0) is 13.2 Å². The van der Waals surface area contributed by atoms with Gasteiger partial charge in [-0.05, 0) is 55.1 Å². The Bertz CT molecular complexity index is 1500. The Morgan fingerprint density at radius 1 is 1.00 bits per heavy atom. The molecule has 0 bridgehead atoms. The molecule has 2 aromatic heterocycles. The van der Waals surface area contributed by atoms with Gasteiger partial charge in [0.25, 0.3) is 5.91 Å². The normalized spacial score (nSPS) is 11.1. The van der Waals surface area contributed by atoms with Gasteiger partial charge in [-0.25, -0.2) is 0 Å². The largest absolute Gasteiger partial charge is 0.485 e. The number of nitrogens with one attached hydrogen (secondary N) is 1. The molecule has 0 saturated heterocycles. The number of fused-ring (bicyclic) bond motifs is 1. The molecule has 0 atom stereocenters. The molecular weight excluding hydrogens is 462 g/mol. The summed E-state index contributed by atoms with van der Waals surface area (Å²) in [7, 11) is 0. The predicted octanol–water partition coefficient (Wildman–Crippen LogP) is 6.78. The number of halogens is 1. The highest BCUT2D eigenvalue weighted by atomic mass is 35.5. The minimum atomic E-state index is -0.335. The van der Waals surface area contributed by atoms with E-state index in [0.29, 0.717) is 23.0 Å². The number of anilines is 1. The first-order chi connectivity index (χ1) is 17.0. The van der Waals surface area contributed by atoms with Crippen molar-refractivity contribution in [3.63, 3.8) is 0 Å². The topological polar surface area (TPSA) is 69.3 Å². The Kier molecular flexibility index (Phi) is 6.29. The number of hydrogen-bond donors (Lipinski definition) is 1. The zero-order valence-corrected chi connectivity index (χ0v) is 20.2. The molecule has 0 fully saturated rings. The van der Waals surface area contributed by atoms with Crippen molar-refractivity contribution in [2.45, 2.75) is 27.0 Å². The van der Waals surface area contributed by atoms with E-state index in [1.165, 1.54) is 0 Å². The van der Waals surface area contributed by atoms with Crippen LogP contribution in [0.1, 0.15) is 33.3 Å². The van der Waals surface area contributed by atoms with Crippen molar-refractivity contribution < 1.29 is 13.9 Å². The molecule has 2 heterocycles. The predicted molar refractivity (Wildman–Crippen MR) is 137 cm³/mol. The van der Waals surface area contributed by atoms with E-state index in [1.807, 2.05) is 85.3 Å². The van der Waals surface area contributed by atoms with Gasteiger partial charge in [0.05, 0.1) is 23.6 Å². The highest BCUT2D eigenvalue weighted by Gasteiger charge is 2.18. The van der Waals surface area contributed by atoms with E-state index >= 15 is 0 Å². The van der Waals surface area contributed by atoms with Crippen molar-refractivity contribution in [3.05, 3.63) is 112 Å². The van der Waals surface area contributed by atoms with Gasteiger partial charge in [-0.3, -0.25) is 9.48 Å². The molecule has 176 valence electrons. The second kappa shape index (κ2) is 9.68. The summed E-state index contributed by atoms with van der Waals surface area (Å²) in [5, 5.41) is 10.4. The van der Waals surface area contributed by atoms with Gasteiger partial charge in [-0.15, -0.1) is 0 Å². The fourth-order valence-electron chi connectivity index (χ4n) is 4.02. The van der Waals surface area contributed by atoms with E-state index in [0.717, 1.165) is 33.5 Å². The molecular formula is C28H24ClN3O3. The van der Waals surface area contributed by atoms with E-state index in [-0.39, 0.29) is 18.3 Å². The van der Waals surface area contributed by atoms with Crippen LogP contribution in [0.2, 0.25) is 5.02 Å². The van der Waals surface area contributed by atoms with Crippen LogP contribution in [0.3, 0.4) is 0 Å². The SMILES string of the molecule is Cc1nn(Cc2ccc(Cl)cc2)c(C)c1NC(=O)c1ccc(COc2cccc3ccccc23)o1. The fourth-order valence-corrected chi connectivity index (χ4v) is 4.14. The van der Waals surface area contributed by atoms with Gasteiger partial charge >= 0.3 is 0 Å². The van der Waals surface area contributed by atoms with Gasteiger partial charge in [0.2, 0.25) is 0 Å². The van der Waals surface area contributed by atoms with Gasteiger partial charge in [0.1, 0.15) is 18.1 Å². The number of benzene rings is 3. The van der Waals surface area contributed by atoms with E-state index in [4.69, 9.17) is 20.8 Å². The monoisotopic (exact) mass is 485 g/mol. The first kappa shape index (κ1) is 22.7. The number of nitrogens with zero attached hydrogens (tertiary/aromatic N) is 2. The number of carbonyl (C=O) groups excluding carboxylic acids is 1. The van der Waals surface area contributed by atoms with Gasteiger partial charge in [-0.1, -0.05) is 60.1 Å². The van der Waals surface area contributed by atoms with Crippen molar-refractivity contribution in [2.24, 2.45) is 0 Å². The second-order valence-electron chi connectivity index (χ2n) is 8.32. The lowest BCUT2D eigenvalue weighted by Crippen LogP contribution is -2.12. The van der Waals surface area contributed by atoms with Crippen LogP contribution in [0.5, 0.6) is 5.75 Å². The number of furan rings is 1. The van der Waals surface area contributed by atoms with Crippen molar-refractivity contribution in [1.29, 1.82) is 0 Å². The molecule has 0 unspecified atom stereocenters. The molecule has 5 aromatic rings. The van der Waals surface area contributed by atoms with Crippen molar-refractivity contribution in [3.8, 4) is 5.75 Å². The summed E-state index contributed by atoms with van der Waals surface area (Å²) in [6, 6.07) is 25.0. The molecule has 5 rings (SSSR count). The first-order valence-electron chi connectivity index (χ1n) is 11.3. The van der Waals surface area contributed by atoms with E-state index in [1.54, 1.807) is 12.1 Å². The maximum absolute atomic E-state index is 12.9. The Morgan fingerprint density at radius 3 is 2.60 bits per heavy atom. The lowest BCUT2D eigenvalue weighted by atomic mass is 10.1. The van der Waals surface area contributed by atoms with Crippen LogP contribution >= 0.6 is 11.6 Å². The number of aryl methyl sites for hydroxylation is 1.